The van der Waals surface area contributed by atoms with Crippen LogP contribution in [-0.4, -0.2) is 28.7 Å². The van der Waals surface area contributed by atoms with Crippen molar-refractivity contribution in [2.45, 2.75) is 33.9 Å². The summed E-state index contributed by atoms with van der Waals surface area (Å²) in [6.45, 7) is 7.45. The number of hydrogen-bond acceptors (Lipinski definition) is 5. The van der Waals surface area contributed by atoms with E-state index in [1.807, 2.05) is 57.2 Å². The van der Waals surface area contributed by atoms with Gasteiger partial charge in [0.1, 0.15) is 0 Å². The zero-order valence-electron chi connectivity index (χ0n) is 20.6. The highest BCUT2D eigenvalue weighted by molar-refractivity contribution is 7.71. The van der Waals surface area contributed by atoms with Crippen molar-refractivity contribution < 1.29 is 14.3 Å². The summed E-state index contributed by atoms with van der Waals surface area (Å²) in [6, 6.07) is 18.6. The lowest BCUT2D eigenvalue weighted by molar-refractivity contribution is 0.0951. The molecule has 0 aliphatic rings. The van der Waals surface area contributed by atoms with E-state index in [2.05, 4.69) is 10.3 Å². The number of aromatic amines is 1. The minimum Gasteiger partial charge on any atom is -0.490 e. The summed E-state index contributed by atoms with van der Waals surface area (Å²) in [7, 11) is 0. The molecule has 1 aromatic heterocycles. The van der Waals surface area contributed by atoms with E-state index >= 15 is 0 Å². The number of nitrogens with one attached hydrogen (secondary N) is 2. The molecule has 0 spiro atoms. The highest BCUT2D eigenvalue weighted by atomic mass is 32.1. The maximum Gasteiger partial charge on any atom is 0.262 e. The SMILES string of the molecule is CCOc1cc2[nH]c(=S)n(Cc3ccc(C(=O)NCc4ccc(C)cc4)cc3)c(=O)c2cc1OCC. The van der Waals surface area contributed by atoms with Gasteiger partial charge in [-0.25, -0.2) is 0 Å². The third-order valence-corrected chi connectivity index (χ3v) is 6.10. The van der Waals surface area contributed by atoms with E-state index in [1.165, 1.54) is 10.1 Å². The molecule has 8 heteroatoms. The standard InChI is InChI=1S/C28H29N3O4S/c1-4-34-24-14-22-23(15-25(24)35-5-2)30-28(36)31(27(22)33)17-20-10-12-21(13-11-20)26(32)29-16-19-8-6-18(3)7-9-19/h6-15H,4-5,16-17H2,1-3H3,(H,29,32)(H,30,36). The Morgan fingerprint density at radius 3 is 2.19 bits per heavy atom. The first kappa shape index (κ1) is 25.2. The van der Waals surface area contributed by atoms with Gasteiger partial charge in [0.05, 0.1) is 30.7 Å². The van der Waals surface area contributed by atoms with Gasteiger partial charge in [-0.2, -0.15) is 0 Å². The van der Waals surface area contributed by atoms with Crippen LogP contribution in [0.5, 0.6) is 11.5 Å². The monoisotopic (exact) mass is 503 g/mol. The van der Waals surface area contributed by atoms with Crippen molar-refractivity contribution in [3.05, 3.63) is 98.0 Å². The van der Waals surface area contributed by atoms with Gasteiger partial charge < -0.3 is 19.8 Å². The number of ether oxygens (including phenoxy) is 2. The molecule has 1 heterocycles. The van der Waals surface area contributed by atoms with Crippen LogP contribution in [-0.2, 0) is 13.1 Å². The van der Waals surface area contributed by atoms with Gasteiger partial charge in [-0.05, 0) is 62.3 Å². The van der Waals surface area contributed by atoms with Gasteiger partial charge in [0.2, 0.25) is 0 Å². The predicted octanol–water partition coefficient (Wildman–Crippen LogP) is 5.14. The number of carbonyl (C=O) groups excluding carboxylic acids is 1. The van der Waals surface area contributed by atoms with Crippen LogP contribution in [0.3, 0.4) is 0 Å². The second-order valence-electron chi connectivity index (χ2n) is 8.40. The van der Waals surface area contributed by atoms with E-state index < -0.39 is 0 Å². The van der Waals surface area contributed by atoms with Gasteiger partial charge in [-0.15, -0.1) is 0 Å². The Morgan fingerprint density at radius 2 is 1.56 bits per heavy atom. The topological polar surface area (TPSA) is 85.4 Å². The smallest absolute Gasteiger partial charge is 0.262 e. The van der Waals surface area contributed by atoms with Gasteiger partial charge in [0.25, 0.3) is 11.5 Å². The zero-order chi connectivity index (χ0) is 25.7. The Morgan fingerprint density at radius 1 is 0.944 bits per heavy atom. The van der Waals surface area contributed by atoms with E-state index in [4.69, 9.17) is 21.7 Å². The molecule has 2 N–H and O–H groups in total. The minimum absolute atomic E-state index is 0.157. The molecule has 0 saturated carbocycles. The Hall–Kier alpha value is -3.91. The van der Waals surface area contributed by atoms with Crippen molar-refractivity contribution in [2.75, 3.05) is 13.2 Å². The summed E-state index contributed by atoms with van der Waals surface area (Å²) in [4.78, 5) is 29.0. The Balaban J connectivity index is 1.53. The number of aryl methyl sites for hydroxylation is 1. The number of amides is 1. The minimum atomic E-state index is -0.224. The highest BCUT2D eigenvalue weighted by Crippen LogP contribution is 2.31. The Kier molecular flexibility index (Phi) is 7.85. The molecule has 4 aromatic rings. The van der Waals surface area contributed by atoms with Crippen LogP contribution in [0.25, 0.3) is 10.9 Å². The first-order valence-corrected chi connectivity index (χ1v) is 12.3. The third kappa shape index (κ3) is 5.66. The lowest BCUT2D eigenvalue weighted by atomic mass is 10.1. The first-order chi connectivity index (χ1) is 17.4. The average Bonchev–Trinajstić information content (AvgIpc) is 2.87. The molecule has 0 bridgehead atoms. The van der Waals surface area contributed by atoms with Crippen LogP contribution in [0, 0.1) is 11.7 Å². The lowest BCUT2D eigenvalue weighted by Crippen LogP contribution is -2.24. The molecule has 0 radical (unpaired) electrons. The normalized spacial score (nSPS) is 10.9. The van der Waals surface area contributed by atoms with E-state index in [9.17, 15) is 9.59 Å². The highest BCUT2D eigenvalue weighted by Gasteiger charge is 2.13. The second-order valence-corrected chi connectivity index (χ2v) is 8.78. The van der Waals surface area contributed by atoms with Crippen LogP contribution in [0.1, 0.15) is 40.9 Å². The van der Waals surface area contributed by atoms with Crippen LogP contribution in [0.2, 0.25) is 0 Å². The fourth-order valence-electron chi connectivity index (χ4n) is 3.88. The maximum absolute atomic E-state index is 13.3. The van der Waals surface area contributed by atoms with Gasteiger partial charge in [-0.3, -0.25) is 14.2 Å². The van der Waals surface area contributed by atoms with Crippen LogP contribution >= 0.6 is 12.2 Å². The van der Waals surface area contributed by atoms with E-state index in [0.29, 0.717) is 52.5 Å². The molecule has 0 atom stereocenters. The summed E-state index contributed by atoms with van der Waals surface area (Å²) in [5.41, 5.74) is 3.98. The predicted molar refractivity (Wildman–Crippen MR) is 144 cm³/mol. The molecule has 0 fully saturated rings. The number of carbonyl (C=O) groups is 1. The van der Waals surface area contributed by atoms with Crippen molar-refractivity contribution in [2.24, 2.45) is 0 Å². The summed E-state index contributed by atoms with van der Waals surface area (Å²) in [6.07, 6.45) is 0. The van der Waals surface area contributed by atoms with Crippen molar-refractivity contribution >= 4 is 29.0 Å². The average molecular weight is 504 g/mol. The fourth-order valence-corrected chi connectivity index (χ4v) is 4.13. The van der Waals surface area contributed by atoms with E-state index in [1.54, 1.807) is 24.3 Å². The molecule has 186 valence electrons. The van der Waals surface area contributed by atoms with Crippen LogP contribution in [0.4, 0.5) is 0 Å². The number of fused-ring (bicyclic) bond motifs is 1. The summed E-state index contributed by atoms with van der Waals surface area (Å²) in [5.74, 6) is 0.920. The Bertz CT molecular complexity index is 1490. The number of H-pyrrole nitrogens is 1. The molecule has 0 aliphatic heterocycles. The van der Waals surface area contributed by atoms with Crippen molar-refractivity contribution in [1.82, 2.24) is 14.9 Å². The Labute approximate surface area is 214 Å². The molecular formula is C28H29N3O4S. The molecule has 0 aliphatic carbocycles. The summed E-state index contributed by atoms with van der Waals surface area (Å²) >= 11 is 5.49. The van der Waals surface area contributed by atoms with Gasteiger partial charge >= 0.3 is 0 Å². The first-order valence-electron chi connectivity index (χ1n) is 11.9. The zero-order valence-corrected chi connectivity index (χ0v) is 21.4. The molecule has 0 unspecified atom stereocenters. The molecule has 0 saturated heterocycles. The van der Waals surface area contributed by atoms with Crippen molar-refractivity contribution in [1.29, 1.82) is 0 Å². The van der Waals surface area contributed by atoms with Crippen molar-refractivity contribution in [3.63, 3.8) is 0 Å². The number of nitrogens with zero attached hydrogens (tertiary/aromatic N) is 1. The van der Waals surface area contributed by atoms with Gasteiger partial charge in [0.15, 0.2) is 16.3 Å². The third-order valence-electron chi connectivity index (χ3n) is 5.78. The number of aromatic nitrogens is 2. The lowest BCUT2D eigenvalue weighted by Gasteiger charge is -2.14. The molecule has 7 nitrogen and oxygen atoms in total. The van der Waals surface area contributed by atoms with Gasteiger partial charge in [-0.1, -0.05) is 42.0 Å². The molecular weight excluding hydrogens is 474 g/mol. The van der Waals surface area contributed by atoms with Crippen LogP contribution in [0.15, 0.2) is 65.5 Å². The molecule has 36 heavy (non-hydrogen) atoms. The summed E-state index contributed by atoms with van der Waals surface area (Å²) in [5, 5.41) is 3.39. The van der Waals surface area contributed by atoms with Crippen LogP contribution < -0.4 is 20.3 Å². The maximum atomic E-state index is 13.3. The molecule has 4 rings (SSSR count). The number of hydrogen-bond donors (Lipinski definition) is 2. The molecule has 3 aromatic carbocycles. The second kappa shape index (κ2) is 11.2. The molecule has 1 amide bonds. The largest absolute Gasteiger partial charge is 0.490 e. The van der Waals surface area contributed by atoms with E-state index in [0.717, 1.165) is 11.1 Å². The summed E-state index contributed by atoms with van der Waals surface area (Å²) < 4.78 is 13.1. The van der Waals surface area contributed by atoms with Gasteiger partial charge in [0, 0.05) is 18.2 Å². The van der Waals surface area contributed by atoms with Crippen molar-refractivity contribution in [3.8, 4) is 11.5 Å². The fraction of sp³-hybridized carbons (Fsp3) is 0.250. The quantitative estimate of drug-likeness (QED) is 0.309. The van der Waals surface area contributed by atoms with E-state index in [-0.39, 0.29) is 18.0 Å². The number of benzene rings is 3. The number of rotatable bonds is 9.